The third kappa shape index (κ3) is 2.05. The topological polar surface area (TPSA) is 3.88 Å². The van der Waals surface area contributed by atoms with Gasteiger partial charge in [0.2, 0.25) is 5.69 Å². The summed E-state index contributed by atoms with van der Waals surface area (Å²) in [6.45, 7) is 9.60. The minimum Gasteiger partial charge on any atom is -0.192 e. The number of hydrogen-bond acceptors (Lipinski definition) is 0. The Hall–Kier alpha value is -2.67. The van der Waals surface area contributed by atoms with Crippen LogP contribution in [0.1, 0.15) is 46.1 Å². The minimum absolute atomic E-state index is 0.0244. The van der Waals surface area contributed by atoms with Crippen molar-refractivity contribution in [3.63, 3.8) is 0 Å². The number of nitrogens with zero attached hydrogens (tertiary/aromatic N) is 1. The first kappa shape index (κ1) is 17.4. The Labute approximate surface area is 167 Å². The van der Waals surface area contributed by atoms with Gasteiger partial charge in [-0.1, -0.05) is 56.3 Å². The summed E-state index contributed by atoms with van der Waals surface area (Å²) in [5, 5.41) is 5.32. The zero-order valence-corrected chi connectivity index (χ0v) is 17.3. The molecular formula is C27H28N+. The highest BCUT2D eigenvalue weighted by molar-refractivity contribution is 5.97. The van der Waals surface area contributed by atoms with Crippen LogP contribution >= 0.6 is 0 Å². The lowest BCUT2D eigenvalue weighted by Crippen LogP contribution is -2.67. The molecule has 2 heterocycles. The molecule has 0 N–H and O–H groups in total. The monoisotopic (exact) mass is 366 g/mol. The van der Waals surface area contributed by atoms with Crippen molar-refractivity contribution in [3.05, 3.63) is 78.5 Å². The molecule has 140 valence electrons. The lowest BCUT2D eigenvalue weighted by molar-refractivity contribution is -0.764. The van der Waals surface area contributed by atoms with Crippen LogP contribution in [0.25, 0.3) is 32.8 Å². The molecule has 0 bridgehead atoms. The average Bonchev–Trinajstić information content (AvgIpc) is 2.75. The Kier molecular flexibility index (Phi) is 3.68. The zero-order valence-electron chi connectivity index (χ0n) is 17.3. The van der Waals surface area contributed by atoms with Gasteiger partial charge in [0.05, 0.1) is 16.4 Å². The van der Waals surface area contributed by atoms with Crippen molar-refractivity contribution in [1.29, 1.82) is 0 Å². The normalized spacial score (nSPS) is 23.6. The van der Waals surface area contributed by atoms with Crippen molar-refractivity contribution in [3.8, 4) is 11.3 Å². The van der Waals surface area contributed by atoms with E-state index >= 15 is 0 Å². The maximum Gasteiger partial charge on any atom is 0.221 e. The van der Waals surface area contributed by atoms with Crippen LogP contribution in [-0.4, -0.2) is 0 Å². The van der Waals surface area contributed by atoms with E-state index in [9.17, 15) is 0 Å². The SMILES string of the molecule is CCC1(C)c2cc3ccccc3cc2-c2c3ccccc3cc[n+]2C1(C)CC. The smallest absolute Gasteiger partial charge is 0.192 e. The van der Waals surface area contributed by atoms with E-state index in [1.165, 1.54) is 38.4 Å². The van der Waals surface area contributed by atoms with Gasteiger partial charge in [0, 0.05) is 19.4 Å². The predicted octanol–water partition coefficient (Wildman–Crippen LogP) is 6.75. The van der Waals surface area contributed by atoms with Crippen LogP contribution in [0.2, 0.25) is 0 Å². The molecule has 1 nitrogen and oxygen atoms in total. The number of rotatable bonds is 2. The first-order valence-corrected chi connectivity index (χ1v) is 10.5. The maximum atomic E-state index is 2.58. The zero-order chi connectivity index (χ0) is 19.5. The van der Waals surface area contributed by atoms with Crippen molar-refractivity contribution in [1.82, 2.24) is 0 Å². The summed E-state index contributed by atoms with van der Waals surface area (Å²) in [5.41, 5.74) is 4.35. The van der Waals surface area contributed by atoms with E-state index in [-0.39, 0.29) is 11.0 Å². The Morgan fingerprint density at radius 2 is 1.39 bits per heavy atom. The van der Waals surface area contributed by atoms with Gasteiger partial charge >= 0.3 is 0 Å². The quantitative estimate of drug-likeness (QED) is 0.345. The highest BCUT2D eigenvalue weighted by Crippen LogP contribution is 2.51. The molecule has 1 aliphatic heterocycles. The van der Waals surface area contributed by atoms with Crippen LogP contribution < -0.4 is 4.57 Å². The second kappa shape index (κ2) is 5.91. The Balaban J connectivity index is 2.01. The van der Waals surface area contributed by atoms with Crippen molar-refractivity contribution < 1.29 is 4.57 Å². The molecule has 0 saturated heterocycles. The lowest BCUT2D eigenvalue weighted by atomic mass is 9.60. The first-order valence-electron chi connectivity index (χ1n) is 10.5. The highest BCUT2D eigenvalue weighted by atomic mass is 15.1. The number of fused-ring (bicyclic) bond motifs is 6. The number of hydrogen-bond donors (Lipinski definition) is 0. The molecule has 5 rings (SSSR count). The molecule has 0 aliphatic carbocycles. The average molecular weight is 367 g/mol. The van der Waals surface area contributed by atoms with Crippen LogP contribution in [0, 0.1) is 0 Å². The molecule has 1 aliphatic rings. The van der Waals surface area contributed by atoms with Crippen molar-refractivity contribution in [2.24, 2.45) is 0 Å². The van der Waals surface area contributed by atoms with Gasteiger partial charge in [-0.15, -0.1) is 0 Å². The van der Waals surface area contributed by atoms with Gasteiger partial charge in [0.15, 0.2) is 11.7 Å². The van der Waals surface area contributed by atoms with Crippen molar-refractivity contribution in [2.45, 2.75) is 51.5 Å². The number of aromatic nitrogens is 1. The largest absolute Gasteiger partial charge is 0.221 e. The first-order chi connectivity index (χ1) is 13.5. The van der Waals surface area contributed by atoms with E-state index in [1.807, 2.05) is 0 Å². The van der Waals surface area contributed by atoms with E-state index in [4.69, 9.17) is 0 Å². The molecule has 1 heteroatoms. The molecule has 2 unspecified atom stereocenters. The van der Waals surface area contributed by atoms with Crippen molar-refractivity contribution >= 4 is 21.5 Å². The summed E-state index contributed by atoms with van der Waals surface area (Å²) >= 11 is 0. The molecule has 2 atom stereocenters. The fraction of sp³-hybridized carbons (Fsp3) is 0.296. The molecule has 0 amide bonds. The van der Waals surface area contributed by atoms with Gasteiger partial charge in [0.25, 0.3) is 0 Å². The third-order valence-corrected chi connectivity index (χ3v) is 7.71. The third-order valence-electron chi connectivity index (χ3n) is 7.71. The molecule has 28 heavy (non-hydrogen) atoms. The van der Waals surface area contributed by atoms with E-state index in [1.54, 1.807) is 0 Å². The van der Waals surface area contributed by atoms with Crippen LogP contribution in [0.15, 0.2) is 72.9 Å². The van der Waals surface area contributed by atoms with E-state index in [2.05, 4.69) is 105 Å². The summed E-state index contributed by atoms with van der Waals surface area (Å²) in [7, 11) is 0. The Morgan fingerprint density at radius 3 is 2.07 bits per heavy atom. The predicted molar refractivity (Wildman–Crippen MR) is 119 cm³/mol. The number of pyridine rings is 1. The molecule has 0 fully saturated rings. The van der Waals surface area contributed by atoms with Gasteiger partial charge in [-0.2, -0.15) is 4.57 Å². The summed E-state index contributed by atoms with van der Waals surface area (Å²) in [6, 6.07) is 24.8. The summed E-state index contributed by atoms with van der Waals surface area (Å²) < 4.78 is 2.58. The van der Waals surface area contributed by atoms with Gasteiger partial charge < -0.3 is 0 Å². The molecule has 0 saturated carbocycles. The highest BCUT2D eigenvalue weighted by Gasteiger charge is 2.56. The Bertz CT molecular complexity index is 1210. The summed E-state index contributed by atoms with van der Waals surface area (Å²) in [6.07, 6.45) is 4.54. The molecule has 0 spiro atoms. The molecular weight excluding hydrogens is 338 g/mol. The minimum atomic E-state index is 0.0244. The van der Waals surface area contributed by atoms with Gasteiger partial charge in [-0.05, 0) is 53.3 Å². The van der Waals surface area contributed by atoms with Gasteiger partial charge in [-0.25, -0.2) is 0 Å². The van der Waals surface area contributed by atoms with Crippen molar-refractivity contribution in [2.75, 3.05) is 0 Å². The standard InChI is InChI=1S/C27H28N/c1-5-26(3)24-18-21-13-8-7-12-20(21)17-23(24)25-22-14-10-9-11-19(22)15-16-28(25)27(26,4)6-2/h7-18H,5-6H2,1-4H3/q+1. The van der Waals surface area contributed by atoms with Crippen LogP contribution in [0.3, 0.4) is 0 Å². The van der Waals surface area contributed by atoms with Gasteiger partial charge in [0.1, 0.15) is 0 Å². The second-order valence-corrected chi connectivity index (χ2v) is 8.68. The number of benzene rings is 3. The maximum absolute atomic E-state index is 2.58. The van der Waals surface area contributed by atoms with Gasteiger partial charge in [-0.3, -0.25) is 0 Å². The van der Waals surface area contributed by atoms with Crippen LogP contribution in [0.5, 0.6) is 0 Å². The van der Waals surface area contributed by atoms with E-state index in [0.29, 0.717) is 0 Å². The lowest BCUT2D eigenvalue weighted by Gasteiger charge is -2.46. The molecule has 4 aromatic rings. The fourth-order valence-electron chi connectivity index (χ4n) is 5.48. The van der Waals surface area contributed by atoms with Crippen LogP contribution in [0.4, 0.5) is 0 Å². The fourth-order valence-corrected chi connectivity index (χ4v) is 5.48. The van der Waals surface area contributed by atoms with Crippen LogP contribution in [-0.2, 0) is 11.0 Å². The Morgan fingerprint density at radius 1 is 0.750 bits per heavy atom. The second-order valence-electron chi connectivity index (χ2n) is 8.68. The molecule has 3 aromatic carbocycles. The summed E-state index contributed by atoms with van der Waals surface area (Å²) in [5.74, 6) is 0. The molecule has 0 radical (unpaired) electrons. The van der Waals surface area contributed by atoms with E-state index in [0.717, 1.165) is 12.8 Å². The van der Waals surface area contributed by atoms with E-state index < -0.39 is 0 Å². The molecule has 1 aromatic heterocycles. The summed E-state index contributed by atoms with van der Waals surface area (Å²) in [4.78, 5) is 0.